The number of amides is 3. The fraction of sp³-hybridized carbons (Fsp3) is 0.517. The minimum Gasteiger partial charge on any atom is -0.480 e. The Morgan fingerprint density at radius 3 is 1.93 bits per heavy atom. The van der Waals surface area contributed by atoms with Crippen LogP contribution in [0, 0.1) is 5.92 Å². The quantitative estimate of drug-likeness (QED) is 0.0499. The molecule has 0 aliphatic carbocycles. The van der Waals surface area contributed by atoms with E-state index in [0.717, 1.165) is 16.5 Å². The van der Waals surface area contributed by atoms with Gasteiger partial charge in [-0.25, -0.2) is 4.79 Å². The predicted molar refractivity (Wildman–Crippen MR) is 173 cm³/mol. The SMILES string of the molecule is CC(C)C[C@H](NC(=O)[C@@H](N)Cc1c[nH]c2ccccc12)C(=O)N[C@@H](CCCN=C(N)N)C(=O)N[C@@H](CCCN=C(N)N)C(=O)O. The van der Waals surface area contributed by atoms with E-state index in [2.05, 4.69) is 30.9 Å². The molecule has 0 unspecified atom stereocenters. The molecule has 15 N–H and O–H groups in total. The number of carboxylic acid groups (broad SMARTS) is 1. The molecule has 0 saturated heterocycles. The number of aromatic amines is 1. The minimum absolute atomic E-state index is 0.00152. The topological polar surface area (TPSA) is 295 Å². The summed E-state index contributed by atoms with van der Waals surface area (Å²) >= 11 is 0. The average Bonchev–Trinajstić information content (AvgIpc) is 3.37. The molecule has 1 heterocycles. The molecule has 1 aromatic carbocycles. The zero-order valence-corrected chi connectivity index (χ0v) is 25.8. The van der Waals surface area contributed by atoms with Crippen molar-refractivity contribution in [3.05, 3.63) is 36.0 Å². The number of fused-ring (bicyclic) bond motifs is 1. The Morgan fingerprint density at radius 2 is 1.36 bits per heavy atom. The largest absolute Gasteiger partial charge is 0.480 e. The number of carboxylic acids is 1. The van der Waals surface area contributed by atoms with Crippen molar-refractivity contribution in [2.45, 2.75) is 76.5 Å². The molecule has 16 heteroatoms. The smallest absolute Gasteiger partial charge is 0.326 e. The van der Waals surface area contributed by atoms with Gasteiger partial charge in [0.25, 0.3) is 0 Å². The first kappa shape index (κ1) is 36.3. The Morgan fingerprint density at radius 1 is 0.822 bits per heavy atom. The summed E-state index contributed by atoms with van der Waals surface area (Å²) in [6.07, 6.45) is 3.04. The van der Waals surface area contributed by atoms with E-state index in [1.807, 2.05) is 38.1 Å². The number of carbonyl (C=O) groups is 4. The van der Waals surface area contributed by atoms with Gasteiger partial charge < -0.3 is 54.7 Å². The van der Waals surface area contributed by atoms with Crippen LogP contribution in [0.25, 0.3) is 10.9 Å². The fourth-order valence-corrected chi connectivity index (χ4v) is 4.69. The Labute approximate surface area is 262 Å². The average molecular weight is 630 g/mol. The molecule has 3 amide bonds. The van der Waals surface area contributed by atoms with Gasteiger partial charge >= 0.3 is 5.97 Å². The molecule has 2 rings (SSSR count). The highest BCUT2D eigenvalue weighted by Crippen LogP contribution is 2.19. The molecule has 4 atom stereocenters. The van der Waals surface area contributed by atoms with Crippen LogP contribution in [0.1, 0.15) is 51.5 Å². The van der Waals surface area contributed by atoms with Crippen molar-refractivity contribution in [3.8, 4) is 0 Å². The second-order valence-corrected chi connectivity index (χ2v) is 11.2. The van der Waals surface area contributed by atoms with Crippen molar-refractivity contribution in [1.29, 1.82) is 0 Å². The number of aliphatic imine (C=N–C) groups is 2. The number of aliphatic carboxylic acids is 1. The highest BCUT2D eigenvalue weighted by atomic mass is 16.4. The predicted octanol–water partition coefficient (Wildman–Crippen LogP) is -1.27. The molecule has 0 saturated carbocycles. The van der Waals surface area contributed by atoms with Crippen LogP contribution in [-0.4, -0.2) is 83.0 Å². The Balaban J connectivity index is 2.15. The number of aromatic nitrogens is 1. The molecular formula is C29H47N11O5. The molecule has 0 fully saturated rings. The second kappa shape index (κ2) is 18.1. The van der Waals surface area contributed by atoms with Gasteiger partial charge in [-0.05, 0) is 56.1 Å². The van der Waals surface area contributed by atoms with Crippen LogP contribution < -0.4 is 44.6 Å². The van der Waals surface area contributed by atoms with Crippen molar-refractivity contribution in [3.63, 3.8) is 0 Å². The fourth-order valence-electron chi connectivity index (χ4n) is 4.69. The first-order valence-corrected chi connectivity index (χ1v) is 14.8. The summed E-state index contributed by atoms with van der Waals surface area (Å²) < 4.78 is 0. The number of hydrogen-bond donors (Lipinski definition) is 10. The lowest BCUT2D eigenvalue weighted by Gasteiger charge is -2.26. The van der Waals surface area contributed by atoms with Gasteiger partial charge in [-0.15, -0.1) is 0 Å². The van der Waals surface area contributed by atoms with E-state index in [1.54, 1.807) is 6.20 Å². The van der Waals surface area contributed by atoms with Gasteiger partial charge in [0.1, 0.15) is 18.1 Å². The standard InChI is InChI=1S/C29H47N11O5/c1-16(2)13-23(40-24(41)19(30)14-17-15-37-20-8-4-3-7-18(17)20)26(43)38-21(9-5-11-35-28(31)32)25(42)39-22(27(44)45)10-6-12-36-29(33)34/h3-4,7-8,15-16,19,21-23,37H,5-6,9-14,30H2,1-2H3,(H,38,43)(H,39,42)(H,40,41)(H,44,45)(H4,31,32,35)(H4,33,34,36)/t19-,21-,22-,23-/m0/s1. The monoisotopic (exact) mass is 629 g/mol. The Hall–Kier alpha value is -4.86. The molecule has 0 spiro atoms. The van der Waals surface area contributed by atoms with E-state index in [1.165, 1.54) is 0 Å². The van der Waals surface area contributed by atoms with Crippen molar-refractivity contribution in [2.75, 3.05) is 13.1 Å². The van der Waals surface area contributed by atoms with Crippen molar-refractivity contribution in [2.24, 2.45) is 44.6 Å². The number of guanidine groups is 2. The minimum atomic E-state index is -1.26. The molecule has 1 aromatic heterocycles. The summed E-state index contributed by atoms with van der Waals surface area (Å²) in [5, 5.41) is 18.5. The molecule has 0 radical (unpaired) electrons. The maximum absolute atomic E-state index is 13.5. The van der Waals surface area contributed by atoms with E-state index < -0.39 is 47.9 Å². The van der Waals surface area contributed by atoms with E-state index in [0.29, 0.717) is 6.42 Å². The van der Waals surface area contributed by atoms with Crippen molar-refractivity contribution >= 4 is 46.5 Å². The summed E-state index contributed by atoms with van der Waals surface area (Å²) in [5.74, 6) is -3.37. The van der Waals surface area contributed by atoms with Crippen LogP contribution >= 0.6 is 0 Å². The molecule has 0 aliphatic rings. The number of nitrogens with one attached hydrogen (secondary N) is 4. The van der Waals surface area contributed by atoms with Crippen LogP contribution in [0.15, 0.2) is 40.4 Å². The number of hydrogen-bond acceptors (Lipinski definition) is 7. The summed E-state index contributed by atoms with van der Waals surface area (Å²) in [6, 6.07) is 3.30. The van der Waals surface area contributed by atoms with Crippen LogP contribution in [-0.2, 0) is 25.6 Å². The summed E-state index contributed by atoms with van der Waals surface area (Å²) in [7, 11) is 0. The number of rotatable bonds is 19. The highest BCUT2D eigenvalue weighted by molar-refractivity contribution is 5.94. The van der Waals surface area contributed by atoms with Crippen LogP contribution in [0.4, 0.5) is 0 Å². The van der Waals surface area contributed by atoms with Gasteiger partial charge in [-0.2, -0.15) is 0 Å². The van der Waals surface area contributed by atoms with Crippen molar-refractivity contribution in [1.82, 2.24) is 20.9 Å². The van der Waals surface area contributed by atoms with E-state index in [9.17, 15) is 24.3 Å². The molecule has 248 valence electrons. The van der Waals surface area contributed by atoms with Gasteiger partial charge in [-0.3, -0.25) is 24.4 Å². The van der Waals surface area contributed by atoms with Gasteiger partial charge in [0.05, 0.1) is 6.04 Å². The molecule has 0 bridgehead atoms. The molecule has 2 aromatic rings. The summed E-state index contributed by atoms with van der Waals surface area (Å²) in [6.45, 7) is 4.13. The highest BCUT2D eigenvalue weighted by Gasteiger charge is 2.30. The normalized spacial score (nSPS) is 13.7. The third kappa shape index (κ3) is 12.7. The third-order valence-electron chi connectivity index (χ3n) is 6.93. The number of nitrogens with zero attached hydrogens (tertiary/aromatic N) is 2. The summed E-state index contributed by atoms with van der Waals surface area (Å²) in [4.78, 5) is 62.6. The molecule has 45 heavy (non-hydrogen) atoms. The van der Waals surface area contributed by atoms with Gasteiger partial charge in [0, 0.05) is 30.2 Å². The Bertz CT molecular complexity index is 1350. The van der Waals surface area contributed by atoms with Gasteiger partial charge in [0.2, 0.25) is 17.7 Å². The Kier molecular flexibility index (Phi) is 14.6. The number of nitrogens with two attached hydrogens (primary N) is 5. The van der Waals surface area contributed by atoms with Crippen LogP contribution in [0.5, 0.6) is 0 Å². The van der Waals surface area contributed by atoms with E-state index in [-0.39, 0.29) is 63.0 Å². The van der Waals surface area contributed by atoms with Crippen LogP contribution in [0.3, 0.4) is 0 Å². The first-order chi connectivity index (χ1) is 21.3. The van der Waals surface area contributed by atoms with E-state index >= 15 is 0 Å². The molecule has 0 aliphatic heterocycles. The maximum Gasteiger partial charge on any atom is 0.326 e. The lowest BCUT2D eigenvalue weighted by molar-refractivity contribution is -0.142. The third-order valence-corrected chi connectivity index (χ3v) is 6.93. The van der Waals surface area contributed by atoms with Gasteiger partial charge in [-0.1, -0.05) is 32.0 Å². The van der Waals surface area contributed by atoms with Crippen LogP contribution in [0.2, 0.25) is 0 Å². The first-order valence-electron chi connectivity index (χ1n) is 14.8. The zero-order valence-electron chi connectivity index (χ0n) is 25.8. The van der Waals surface area contributed by atoms with E-state index in [4.69, 9.17) is 28.7 Å². The molecular weight excluding hydrogens is 582 g/mol. The zero-order chi connectivity index (χ0) is 33.5. The summed E-state index contributed by atoms with van der Waals surface area (Å²) in [5.41, 5.74) is 29.4. The maximum atomic E-state index is 13.5. The lowest BCUT2D eigenvalue weighted by atomic mass is 10.0. The number of carbonyl (C=O) groups excluding carboxylic acids is 3. The van der Waals surface area contributed by atoms with Gasteiger partial charge in [0.15, 0.2) is 11.9 Å². The van der Waals surface area contributed by atoms with Crippen molar-refractivity contribution < 1.29 is 24.3 Å². The number of para-hydroxylation sites is 1. The lowest BCUT2D eigenvalue weighted by Crippen LogP contribution is -2.57. The number of benzene rings is 1. The molecule has 16 nitrogen and oxygen atoms in total. The second-order valence-electron chi connectivity index (χ2n) is 11.2. The number of H-pyrrole nitrogens is 1.